The van der Waals surface area contributed by atoms with E-state index in [9.17, 15) is 38.4 Å². The normalized spacial score (nSPS) is 14.8. The van der Waals surface area contributed by atoms with E-state index in [1.807, 2.05) is 55.4 Å². The van der Waals surface area contributed by atoms with Crippen LogP contribution in [0.2, 0.25) is 0 Å². The fraction of sp³-hybridized carbons (Fsp3) is 0.837. The third-order valence-electron chi connectivity index (χ3n) is 10.7. The van der Waals surface area contributed by atoms with Crippen molar-refractivity contribution in [2.24, 2.45) is 0 Å². The van der Waals surface area contributed by atoms with Gasteiger partial charge in [0.25, 0.3) is 0 Å². The van der Waals surface area contributed by atoms with Crippen LogP contribution in [-0.2, 0) is 76.3 Å². The molecule has 0 heterocycles. The second-order valence-corrected chi connectivity index (χ2v) is 16.5. The first-order chi connectivity index (χ1) is 31.2. The Morgan fingerprint density at radius 3 is 0.692 bits per heavy atom. The Balaban J connectivity index is 6.39. The summed E-state index contributed by atoms with van der Waals surface area (Å²) in [6, 6.07) is 0. The number of hydrogen-bond acceptors (Lipinski definition) is 16. The van der Waals surface area contributed by atoms with Crippen LogP contribution in [0.1, 0.15) is 209 Å². The van der Waals surface area contributed by atoms with Crippen molar-refractivity contribution in [3.8, 4) is 0 Å². The van der Waals surface area contributed by atoms with E-state index in [1.165, 1.54) is 7.11 Å². The summed E-state index contributed by atoms with van der Waals surface area (Å²) >= 11 is 0. The number of rotatable bonds is 40. The molecule has 0 saturated carbocycles. The van der Waals surface area contributed by atoms with Gasteiger partial charge in [-0.05, 0) is 96.3 Å². The van der Waals surface area contributed by atoms with Crippen molar-refractivity contribution >= 4 is 48.1 Å². The maximum atomic E-state index is 13.9. The van der Waals surface area contributed by atoms with Crippen LogP contribution in [0.3, 0.4) is 0 Å². The molecule has 0 rings (SSSR count). The van der Waals surface area contributed by atoms with Gasteiger partial charge < -0.3 is 37.9 Å². The average Bonchev–Trinajstić information content (AvgIpc) is 3.30. The number of carbonyl (C=O) groups is 8. The van der Waals surface area contributed by atoms with Gasteiger partial charge in [-0.3, -0.25) is 4.79 Å². The number of carbonyl (C=O) groups excluding carboxylic acids is 8. The van der Waals surface area contributed by atoms with Crippen LogP contribution in [0.5, 0.6) is 0 Å². The fourth-order valence-corrected chi connectivity index (χ4v) is 6.49. The van der Waals surface area contributed by atoms with Crippen LogP contribution in [0.15, 0.2) is 0 Å². The summed E-state index contributed by atoms with van der Waals surface area (Å²) < 4.78 is 44.7. The summed E-state index contributed by atoms with van der Waals surface area (Å²) in [7, 11) is 1.39. The molecule has 0 aliphatic carbocycles. The number of esters is 7. The summed E-state index contributed by atoms with van der Waals surface area (Å²) in [5, 5.41) is 0. The first-order valence-electron chi connectivity index (χ1n) is 24.7. The highest BCUT2D eigenvalue weighted by molar-refractivity contribution is 5.88. The summed E-state index contributed by atoms with van der Waals surface area (Å²) in [4.78, 5) is 106. The molecule has 16 heteroatoms. The van der Waals surface area contributed by atoms with Gasteiger partial charge in [-0.1, -0.05) is 113 Å². The summed E-state index contributed by atoms with van der Waals surface area (Å²) in [5.41, 5.74) is 0. The van der Waals surface area contributed by atoms with Crippen molar-refractivity contribution in [3.05, 3.63) is 0 Å². The molecule has 0 spiro atoms. The molecule has 0 radical (unpaired) electrons. The van der Waals surface area contributed by atoms with E-state index >= 15 is 0 Å². The van der Waals surface area contributed by atoms with Crippen molar-refractivity contribution in [2.45, 2.75) is 258 Å². The predicted molar refractivity (Wildman–Crippen MR) is 242 cm³/mol. The van der Waals surface area contributed by atoms with Gasteiger partial charge >= 0.3 is 41.8 Å². The highest BCUT2D eigenvalue weighted by atomic mass is 16.7. The molecule has 0 aromatic heterocycles. The molecular formula is C49H84O16. The van der Waals surface area contributed by atoms with E-state index in [0.29, 0.717) is 109 Å². The van der Waals surface area contributed by atoms with Gasteiger partial charge in [0.05, 0.1) is 0 Å². The lowest BCUT2D eigenvalue weighted by atomic mass is 10.1. The highest BCUT2D eigenvalue weighted by Gasteiger charge is 2.38. The third kappa shape index (κ3) is 26.0. The third-order valence-corrected chi connectivity index (χ3v) is 10.7. The minimum Gasteiger partial charge on any atom is -0.452 e. The Bertz CT molecular complexity index is 1370. The zero-order valence-electron chi connectivity index (χ0n) is 41.2. The molecular weight excluding hydrogens is 845 g/mol. The van der Waals surface area contributed by atoms with E-state index in [0.717, 1.165) is 12.8 Å². The first kappa shape index (κ1) is 60.9. The fourth-order valence-electron chi connectivity index (χ4n) is 6.49. The molecule has 8 unspecified atom stereocenters. The minimum absolute atomic E-state index is 0.0261. The minimum atomic E-state index is -1.49. The molecule has 0 aliphatic rings. The monoisotopic (exact) mass is 929 g/mol. The van der Waals surface area contributed by atoms with Gasteiger partial charge in [0.1, 0.15) is 0 Å². The molecule has 65 heavy (non-hydrogen) atoms. The quantitative estimate of drug-likeness (QED) is 0.0319. The molecule has 0 amide bonds. The number of aldehydes is 1. The van der Waals surface area contributed by atoms with Crippen LogP contribution < -0.4 is 0 Å². The summed E-state index contributed by atoms with van der Waals surface area (Å²) in [5.74, 6) is -6.53. The molecule has 0 saturated heterocycles. The maximum Gasteiger partial charge on any atom is 0.348 e. The van der Waals surface area contributed by atoms with Gasteiger partial charge in [0.15, 0.2) is 55.1 Å². The van der Waals surface area contributed by atoms with Crippen molar-refractivity contribution in [2.75, 3.05) is 7.11 Å². The highest BCUT2D eigenvalue weighted by Crippen LogP contribution is 2.21. The van der Waals surface area contributed by atoms with E-state index < -0.39 is 90.6 Å². The molecule has 376 valence electrons. The Morgan fingerprint density at radius 2 is 0.492 bits per heavy atom. The van der Waals surface area contributed by atoms with Gasteiger partial charge in [0.2, 0.25) is 0 Å². The topological polar surface area (TPSA) is 210 Å². The zero-order chi connectivity index (χ0) is 49.0. The molecule has 0 aromatic carbocycles. The number of hydrogen-bond donors (Lipinski definition) is 0. The van der Waals surface area contributed by atoms with Crippen LogP contribution in [0, 0.1) is 0 Å². The largest absolute Gasteiger partial charge is 0.452 e. The lowest BCUT2D eigenvalue weighted by Gasteiger charge is -2.26. The molecule has 0 fully saturated rings. The van der Waals surface area contributed by atoms with E-state index in [1.54, 1.807) is 0 Å². The SMILES string of the molecule is CCCCC(C=O)OC(=O)C(CCCC)OC(=O)C(CCCC)OC(=O)C(CCCC)OC(=O)C(CCCC)OC(=O)C(CCCC)OC(=O)C(CCCC)OC(=O)C(CCCC)OC. The number of methoxy groups -OCH3 is 1. The lowest BCUT2D eigenvalue weighted by Crippen LogP contribution is -2.42. The number of ether oxygens (including phenoxy) is 8. The molecule has 0 aromatic rings. The molecule has 0 aliphatic heterocycles. The molecule has 8 atom stereocenters. The van der Waals surface area contributed by atoms with Crippen LogP contribution in [-0.4, -0.2) is 104 Å². The average molecular weight is 929 g/mol. The maximum absolute atomic E-state index is 13.9. The second kappa shape index (κ2) is 38.1. The Hall–Kier alpha value is -4.08. The molecule has 16 nitrogen and oxygen atoms in total. The molecule has 0 bridgehead atoms. The zero-order valence-corrected chi connectivity index (χ0v) is 41.2. The van der Waals surface area contributed by atoms with Gasteiger partial charge in [0, 0.05) is 7.11 Å². The van der Waals surface area contributed by atoms with Crippen LogP contribution in [0.25, 0.3) is 0 Å². The second-order valence-electron chi connectivity index (χ2n) is 16.5. The van der Waals surface area contributed by atoms with Crippen molar-refractivity contribution < 1.29 is 76.3 Å². The standard InChI is InChI=1S/C49H84O16/c1-10-18-26-35(34-50)59-44(52)37(28-20-12-3)61-46(54)39(30-22-14-5)63-48(56)41(32-24-16-7)65-49(57)42(33-25-17-8)64-47(55)40(31-23-15-6)62-45(53)38(29-21-13-4)60-43(51)36(58-9)27-19-11-2/h34-42H,10-33H2,1-9H3. The Morgan fingerprint density at radius 1 is 0.308 bits per heavy atom. The Labute approximate surface area is 388 Å². The predicted octanol–water partition coefficient (Wildman–Crippen LogP) is 9.10. The summed E-state index contributed by atoms with van der Waals surface area (Å²) in [6.45, 7) is 15.2. The lowest BCUT2D eigenvalue weighted by molar-refractivity contribution is -0.192. The Kier molecular flexibility index (Phi) is 35.7. The van der Waals surface area contributed by atoms with Gasteiger partial charge in [-0.25, -0.2) is 33.6 Å². The molecule has 0 N–H and O–H groups in total. The van der Waals surface area contributed by atoms with E-state index in [4.69, 9.17) is 37.9 Å². The van der Waals surface area contributed by atoms with E-state index in [2.05, 4.69) is 0 Å². The van der Waals surface area contributed by atoms with Gasteiger partial charge in [-0.15, -0.1) is 0 Å². The number of unbranched alkanes of at least 4 members (excludes halogenated alkanes) is 8. The van der Waals surface area contributed by atoms with Crippen LogP contribution in [0.4, 0.5) is 0 Å². The van der Waals surface area contributed by atoms with Crippen molar-refractivity contribution in [3.63, 3.8) is 0 Å². The van der Waals surface area contributed by atoms with E-state index in [-0.39, 0.29) is 38.5 Å². The van der Waals surface area contributed by atoms with Gasteiger partial charge in [-0.2, -0.15) is 0 Å². The van der Waals surface area contributed by atoms with Crippen LogP contribution >= 0.6 is 0 Å². The van der Waals surface area contributed by atoms with Crippen molar-refractivity contribution in [1.82, 2.24) is 0 Å². The van der Waals surface area contributed by atoms with Crippen molar-refractivity contribution in [1.29, 1.82) is 0 Å². The summed E-state index contributed by atoms with van der Waals surface area (Å²) in [6.07, 6.45) is 1.04. The first-order valence-corrected chi connectivity index (χ1v) is 24.7. The smallest absolute Gasteiger partial charge is 0.348 e.